The maximum absolute atomic E-state index is 13.1. The molecule has 0 aliphatic rings. The molecule has 0 radical (unpaired) electrons. The molecule has 1 amide bonds. The Morgan fingerprint density at radius 2 is 1.97 bits per heavy atom. The number of methoxy groups -OCH3 is 1. The number of amides is 1. The number of hydrogen-bond acceptors (Lipinski definition) is 6. The lowest BCUT2D eigenvalue weighted by Gasteiger charge is -2.26. The smallest absolute Gasteiger partial charge is 0.276 e. The molecule has 1 heterocycles. The molecule has 3 rings (SSSR count). The van der Waals surface area contributed by atoms with Crippen LogP contribution < -0.4 is 4.74 Å². The number of carbonyl (C=O) groups excluding carboxylic acids is 1. The number of aromatic nitrogens is 3. The van der Waals surface area contributed by atoms with Crippen molar-refractivity contribution >= 4 is 11.6 Å². The van der Waals surface area contributed by atoms with Gasteiger partial charge in [-0.05, 0) is 26.0 Å². The van der Waals surface area contributed by atoms with E-state index in [1.54, 1.807) is 38.1 Å². The fourth-order valence-electron chi connectivity index (χ4n) is 3.07. The van der Waals surface area contributed by atoms with Crippen LogP contribution in [0, 0.1) is 17.0 Å². The van der Waals surface area contributed by atoms with Crippen molar-refractivity contribution in [2.24, 2.45) is 0 Å². The monoisotopic (exact) mass is 395 g/mol. The van der Waals surface area contributed by atoms with Gasteiger partial charge in [-0.15, -0.1) is 5.10 Å². The van der Waals surface area contributed by atoms with E-state index in [1.165, 1.54) is 16.8 Å². The molecule has 9 heteroatoms. The van der Waals surface area contributed by atoms with Gasteiger partial charge in [0, 0.05) is 24.7 Å². The van der Waals surface area contributed by atoms with E-state index in [-0.39, 0.29) is 23.3 Å². The van der Waals surface area contributed by atoms with Crippen LogP contribution in [0.25, 0.3) is 5.69 Å². The summed E-state index contributed by atoms with van der Waals surface area (Å²) in [7, 11) is 3.27. The first-order valence-corrected chi connectivity index (χ1v) is 8.92. The molecule has 2 aromatic carbocycles. The Morgan fingerprint density at radius 3 is 2.66 bits per heavy atom. The van der Waals surface area contributed by atoms with Crippen molar-refractivity contribution < 1.29 is 14.5 Å². The second kappa shape index (κ2) is 8.09. The topological polar surface area (TPSA) is 103 Å². The van der Waals surface area contributed by atoms with Crippen LogP contribution in [0.4, 0.5) is 5.69 Å². The molecule has 0 aliphatic carbocycles. The van der Waals surface area contributed by atoms with E-state index in [4.69, 9.17) is 4.74 Å². The average Bonchev–Trinajstić information content (AvgIpc) is 3.13. The van der Waals surface area contributed by atoms with Gasteiger partial charge in [0.15, 0.2) is 5.69 Å². The summed E-state index contributed by atoms with van der Waals surface area (Å²) in [6, 6.07) is 13.2. The van der Waals surface area contributed by atoms with Crippen molar-refractivity contribution in [1.29, 1.82) is 0 Å². The van der Waals surface area contributed by atoms with Gasteiger partial charge in [0.25, 0.3) is 11.6 Å². The number of ether oxygens (including phenoxy) is 1. The normalized spacial score (nSPS) is 11.7. The molecule has 0 spiro atoms. The quantitative estimate of drug-likeness (QED) is 0.468. The fourth-order valence-corrected chi connectivity index (χ4v) is 3.07. The Balaban J connectivity index is 1.91. The minimum Gasteiger partial charge on any atom is -0.496 e. The van der Waals surface area contributed by atoms with E-state index in [9.17, 15) is 14.9 Å². The molecule has 0 N–H and O–H groups in total. The molecule has 0 fully saturated rings. The van der Waals surface area contributed by atoms with E-state index in [1.807, 2.05) is 31.2 Å². The van der Waals surface area contributed by atoms with Crippen molar-refractivity contribution in [1.82, 2.24) is 19.9 Å². The van der Waals surface area contributed by atoms with Gasteiger partial charge in [-0.1, -0.05) is 29.5 Å². The molecule has 0 saturated heterocycles. The number of hydrogen-bond donors (Lipinski definition) is 0. The summed E-state index contributed by atoms with van der Waals surface area (Å²) in [4.78, 5) is 25.2. The number of para-hydroxylation sites is 1. The van der Waals surface area contributed by atoms with Crippen LogP contribution >= 0.6 is 0 Å². The second-order valence-corrected chi connectivity index (χ2v) is 6.55. The van der Waals surface area contributed by atoms with Crippen molar-refractivity contribution in [3.8, 4) is 11.4 Å². The van der Waals surface area contributed by atoms with Gasteiger partial charge >= 0.3 is 0 Å². The van der Waals surface area contributed by atoms with Crippen LogP contribution in [0.1, 0.15) is 34.7 Å². The van der Waals surface area contributed by atoms with Gasteiger partial charge in [0.05, 0.1) is 29.5 Å². The highest BCUT2D eigenvalue weighted by atomic mass is 16.6. The third-order valence-corrected chi connectivity index (χ3v) is 4.87. The zero-order valence-electron chi connectivity index (χ0n) is 16.6. The van der Waals surface area contributed by atoms with Gasteiger partial charge in [0.2, 0.25) is 0 Å². The maximum Gasteiger partial charge on any atom is 0.276 e. The molecule has 0 bridgehead atoms. The third-order valence-electron chi connectivity index (χ3n) is 4.87. The lowest BCUT2D eigenvalue weighted by atomic mass is 10.1. The molecule has 3 aromatic rings. The van der Waals surface area contributed by atoms with Crippen LogP contribution in [0.5, 0.6) is 5.75 Å². The van der Waals surface area contributed by atoms with Crippen LogP contribution in [0.15, 0.2) is 48.5 Å². The van der Waals surface area contributed by atoms with E-state index >= 15 is 0 Å². The van der Waals surface area contributed by atoms with Gasteiger partial charge in [-0.3, -0.25) is 14.9 Å². The summed E-state index contributed by atoms with van der Waals surface area (Å²) in [5, 5.41) is 19.1. The number of nitro benzene ring substituents is 1. The molecule has 150 valence electrons. The van der Waals surface area contributed by atoms with Crippen LogP contribution in [-0.2, 0) is 0 Å². The van der Waals surface area contributed by atoms with Crippen molar-refractivity contribution in [3.63, 3.8) is 0 Å². The molecule has 29 heavy (non-hydrogen) atoms. The number of carbonyl (C=O) groups is 1. The van der Waals surface area contributed by atoms with Crippen LogP contribution in [0.3, 0.4) is 0 Å². The van der Waals surface area contributed by atoms with Gasteiger partial charge in [0.1, 0.15) is 5.75 Å². The predicted octanol–water partition coefficient (Wildman–Crippen LogP) is 3.33. The number of nitro groups is 1. The zero-order chi connectivity index (χ0) is 21.1. The largest absolute Gasteiger partial charge is 0.496 e. The summed E-state index contributed by atoms with van der Waals surface area (Å²) in [5.41, 5.74) is 1.95. The molecule has 0 saturated carbocycles. The first kappa shape index (κ1) is 20.0. The summed E-state index contributed by atoms with van der Waals surface area (Å²) in [6.07, 6.45) is 0. The third kappa shape index (κ3) is 3.79. The number of nitrogens with zero attached hydrogens (tertiary/aromatic N) is 5. The molecule has 1 unspecified atom stereocenters. The van der Waals surface area contributed by atoms with Crippen molar-refractivity contribution in [2.75, 3.05) is 14.2 Å². The maximum atomic E-state index is 13.1. The summed E-state index contributed by atoms with van der Waals surface area (Å²) in [5.74, 6) is 0.384. The molecule has 1 aromatic heterocycles. The fraction of sp³-hybridized carbons (Fsp3) is 0.250. The van der Waals surface area contributed by atoms with E-state index in [2.05, 4.69) is 10.3 Å². The highest BCUT2D eigenvalue weighted by molar-refractivity contribution is 5.93. The molecule has 1 atom stereocenters. The summed E-state index contributed by atoms with van der Waals surface area (Å²) < 4.78 is 6.81. The second-order valence-electron chi connectivity index (χ2n) is 6.55. The summed E-state index contributed by atoms with van der Waals surface area (Å²) in [6.45, 7) is 3.60. The molecule has 9 nitrogen and oxygen atoms in total. The highest BCUT2D eigenvalue weighted by Gasteiger charge is 2.26. The molecular weight excluding hydrogens is 374 g/mol. The van der Waals surface area contributed by atoms with Crippen molar-refractivity contribution in [2.45, 2.75) is 19.9 Å². The van der Waals surface area contributed by atoms with Gasteiger partial charge in [-0.2, -0.15) is 0 Å². The molecule has 0 aliphatic heterocycles. The lowest BCUT2D eigenvalue weighted by molar-refractivity contribution is -0.384. The van der Waals surface area contributed by atoms with Gasteiger partial charge in [-0.25, -0.2) is 4.68 Å². The van der Waals surface area contributed by atoms with E-state index < -0.39 is 4.92 Å². The minimum atomic E-state index is -0.482. The SMILES string of the molecule is COc1ccccc1C(C)N(C)C(=O)c1nnn(-c2cccc([N+](=O)[O-])c2)c1C. The average molecular weight is 395 g/mol. The Kier molecular flexibility index (Phi) is 5.58. The Morgan fingerprint density at radius 1 is 1.24 bits per heavy atom. The minimum absolute atomic E-state index is 0.0628. The number of rotatable bonds is 6. The van der Waals surface area contributed by atoms with Crippen molar-refractivity contribution in [3.05, 3.63) is 75.6 Å². The van der Waals surface area contributed by atoms with Gasteiger partial charge < -0.3 is 9.64 Å². The first-order chi connectivity index (χ1) is 13.8. The number of benzene rings is 2. The standard InChI is InChI=1S/C20H21N5O4/c1-13(17-10-5-6-11-18(17)29-4)23(3)20(26)19-14(2)24(22-21-19)15-8-7-9-16(12-15)25(27)28/h5-13H,1-4H3. The zero-order valence-corrected chi connectivity index (χ0v) is 16.6. The number of non-ortho nitro benzene ring substituents is 1. The van der Waals surface area contributed by atoms with E-state index in [0.717, 1.165) is 5.56 Å². The molecular formula is C20H21N5O4. The summed E-state index contributed by atoms with van der Waals surface area (Å²) >= 11 is 0. The highest BCUT2D eigenvalue weighted by Crippen LogP contribution is 2.29. The predicted molar refractivity (Wildman–Crippen MR) is 106 cm³/mol. The Hall–Kier alpha value is -3.75. The van der Waals surface area contributed by atoms with E-state index in [0.29, 0.717) is 17.1 Å². The van der Waals surface area contributed by atoms with Crippen LogP contribution in [-0.4, -0.2) is 44.9 Å². The van der Waals surface area contributed by atoms with Crippen LogP contribution in [0.2, 0.25) is 0 Å². The Bertz CT molecular complexity index is 1060. The first-order valence-electron chi connectivity index (χ1n) is 8.92. The lowest BCUT2D eigenvalue weighted by Crippen LogP contribution is -2.30. The Labute approximate surface area is 167 Å².